The number of carbonyl (C=O) groups is 1. The van der Waals surface area contributed by atoms with E-state index in [9.17, 15) is 4.79 Å². The molecule has 1 saturated carbocycles. The van der Waals surface area contributed by atoms with Gasteiger partial charge in [-0.3, -0.25) is 4.79 Å². The van der Waals surface area contributed by atoms with E-state index in [0.717, 1.165) is 25.1 Å². The Morgan fingerprint density at radius 1 is 1.73 bits per heavy atom. The third-order valence-corrected chi connectivity index (χ3v) is 2.79. The van der Waals surface area contributed by atoms with E-state index in [2.05, 4.69) is 10.3 Å². The van der Waals surface area contributed by atoms with Crippen molar-refractivity contribution in [3.63, 3.8) is 0 Å². The van der Waals surface area contributed by atoms with Gasteiger partial charge in [0.1, 0.15) is 11.9 Å². The SMILES string of the molecule is CCc1nccn1C(C)C(=O)NC1CC1. The summed E-state index contributed by atoms with van der Waals surface area (Å²) in [4.78, 5) is 16.0. The number of carbonyl (C=O) groups excluding carboxylic acids is 1. The Bertz CT molecular complexity index is 354. The first-order valence-corrected chi connectivity index (χ1v) is 5.54. The average Bonchev–Trinajstić information content (AvgIpc) is 2.92. The van der Waals surface area contributed by atoms with Gasteiger partial charge < -0.3 is 9.88 Å². The molecule has 4 nitrogen and oxygen atoms in total. The van der Waals surface area contributed by atoms with E-state index >= 15 is 0 Å². The normalized spacial score (nSPS) is 17.5. The fourth-order valence-corrected chi connectivity index (χ4v) is 1.65. The van der Waals surface area contributed by atoms with Gasteiger partial charge in [0, 0.05) is 24.9 Å². The summed E-state index contributed by atoms with van der Waals surface area (Å²) in [5, 5.41) is 3.01. The van der Waals surface area contributed by atoms with Crippen molar-refractivity contribution in [3.05, 3.63) is 18.2 Å². The molecular formula is C11H17N3O. The van der Waals surface area contributed by atoms with E-state index in [1.807, 2.05) is 24.6 Å². The second-order valence-electron chi connectivity index (χ2n) is 4.06. The van der Waals surface area contributed by atoms with Gasteiger partial charge in [0.05, 0.1) is 0 Å². The summed E-state index contributed by atoms with van der Waals surface area (Å²) < 4.78 is 1.94. The van der Waals surface area contributed by atoms with E-state index in [-0.39, 0.29) is 11.9 Å². The zero-order valence-electron chi connectivity index (χ0n) is 9.23. The molecule has 1 aromatic rings. The number of imidazole rings is 1. The maximum atomic E-state index is 11.8. The van der Waals surface area contributed by atoms with Crippen molar-refractivity contribution in [1.82, 2.24) is 14.9 Å². The monoisotopic (exact) mass is 207 g/mol. The predicted molar refractivity (Wildman–Crippen MR) is 57.5 cm³/mol. The number of rotatable bonds is 4. The van der Waals surface area contributed by atoms with Crippen LogP contribution in [0.2, 0.25) is 0 Å². The predicted octanol–water partition coefficient (Wildman–Crippen LogP) is 1.29. The van der Waals surface area contributed by atoms with Gasteiger partial charge in [-0.25, -0.2) is 4.98 Å². The fraction of sp³-hybridized carbons (Fsp3) is 0.636. The minimum absolute atomic E-state index is 0.102. The van der Waals surface area contributed by atoms with Crippen molar-refractivity contribution in [2.24, 2.45) is 0 Å². The van der Waals surface area contributed by atoms with Crippen LogP contribution in [0, 0.1) is 0 Å². The number of amides is 1. The highest BCUT2D eigenvalue weighted by Gasteiger charge is 2.26. The largest absolute Gasteiger partial charge is 0.352 e. The lowest BCUT2D eigenvalue weighted by atomic mass is 10.3. The molecule has 1 atom stereocenters. The molecule has 1 amide bonds. The molecule has 0 aliphatic heterocycles. The van der Waals surface area contributed by atoms with Gasteiger partial charge in [0.25, 0.3) is 0 Å². The number of aryl methyl sites for hydroxylation is 1. The topological polar surface area (TPSA) is 46.9 Å². The van der Waals surface area contributed by atoms with Gasteiger partial charge in [-0.2, -0.15) is 0 Å². The summed E-state index contributed by atoms with van der Waals surface area (Å²) in [6, 6.07) is 0.275. The molecular weight excluding hydrogens is 190 g/mol. The second kappa shape index (κ2) is 4.04. The molecule has 0 aromatic carbocycles. The van der Waals surface area contributed by atoms with Crippen molar-refractivity contribution >= 4 is 5.91 Å². The molecule has 0 spiro atoms. The van der Waals surface area contributed by atoms with E-state index in [0.29, 0.717) is 6.04 Å². The van der Waals surface area contributed by atoms with E-state index < -0.39 is 0 Å². The van der Waals surface area contributed by atoms with Crippen LogP contribution in [0.3, 0.4) is 0 Å². The van der Waals surface area contributed by atoms with Crippen molar-refractivity contribution in [2.75, 3.05) is 0 Å². The van der Waals surface area contributed by atoms with Crippen LogP contribution in [0.5, 0.6) is 0 Å². The number of hydrogen-bond donors (Lipinski definition) is 1. The molecule has 0 radical (unpaired) electrons. The highest BCUT2D eigenvalue weighted by Crippen LogP contribution is 2.20. The Balaban J connectivity index is 2.04. The smallest absolute Gasteiger partial charge is 0.243 e. The van der Waals surface area contributed by atoms with Crippen LogP contribution in [0.1, 0.15) is 38.6 Å². The number of nitrogens with one attached hydrogen (secondary N) is 1. The average molecular weight is 207 g/mol. The van der Waals surface area contributed by atoms with Crippen LogP contribution in [0.15, 0.2) is 12.4 Å². The van der Waals surface area contributed by atoms with Crippen molar-refractivity contribution in [1.29, 1.82) is 0 Å². The molecule has 1 unspecified atom stereocenters. The minimum atomic E-state index is -0.150. The molecule has 1 N–H and O–H groups in total. The van der Waals surface area contributed by atoms with Gasteiger partial charge in [-0.15, -0.1) is 0 Å². The van der Waals surface area contributed by atoms with Crippen LogP contribution in [-0.2, 0) is 11.2 Å². The van der Waals surface area contributed by atoms with Gasteiger partial charge >= 0.3 is 0 Å². The van der Waals surface area contributed by atoms with Crippen LogP contribution >= 0.6 is 0 Å². The molecule has 1 heterocycles. The van der Waals surface area contributed by atoms with Crippen molar-refractivity contribution < 1.29 is 4.79 Å². The molecule has 0 saturated heterocycles. The first-order chi connectivity index (χ1) is 7.22. The first kappa shape index (κ1) is 10.2. The molecule has 4 heteroatoms. The summed E-state index contributed by atoms with van der Waals surface area (Å²) in [5.74, 6) is 1.07. The quantitative estimate of drug-likeness (QED) is 0.808. The Morgan fingerprint density at radius 3 is 3.07 bits per heavy atom. The van der Waals surface area contributed by atoms with E-state index in [1.54, 1.807) is 6.20 Å². The standard InChI is InChI=1S/C11H17N3O/c1-3-10-12-6-7-14(10)8(2)11(15)13-9-4-5-9/h6-9H,3-5H2,1-2H3,(H,13,15). The van der Waals surface area contributed by atoms with Crippen LogP contribution < -0.4 is 5.32 Å². The Morgan fingerprint density at radius 2 is 2.47 bits per heavy atom. The molecule has 1 aliphatic rings. The lowest BCUT2D eigenvalue weighted by molar-refractivity contribution is -0.124. The van der Waals surface area contributed by atoms with Gasteiger partial charge in [-0.05, 0) is 19.8 Å². The molecule has 1 aliphatic carbocycles. The third kappa shape index (κ3) is 2.19. The zero-order chi connectivity index (χ0) is 10.8. The van der Waals surface area contributed by atoms with Crippen LogP contribution in [0.4, 0.5) is 0 Å². The Hall–Kier alpha value is -1.32. The maximum Gasteiger partial charge on any atom is 0.243 e. The molecule has 1 aromatic heterocycles. The Kier molecular flexibility index (Phi) is 2.75. The van der Waals surface area contributed by atoms with Crippen LogP contribution in [0.25, 0.3) is 0 Å². The highest BCUT2D eigenvalue weighted by atomic mass is 16.2. The molecule has 1 fully saturated rings. The van der Waals surface area contributed by atoms with Gasteiger partial charge in [-0.1, -0.05) is 6.92 Å². The van der Waals surface area contributed by atoms with E-state index in [4.69, 9.17) is 0 Å². The third-order valence-electron chi connectivity index (χ3n) is 2.79. The summed E-state index contributed by atoms with van der Waals surface area (Å²) >= 11 is 0. The minimum Gasteiger partial charge on any atom is -0.352 e. The first-order valence-electron chi connectivity index (χ1n) is 5.54. The Labute approximate surface area is 89.7 Å². The maximum absolute atomic E-state index is 11.8. The van der Waals surface area contributed by atoms with E-state index in [1.165, 1.54) is 0 Å². The van der Waals surface area contributed by atoms with Crippen molar-refractivity contribution in [3.8, 4) is 0 Å². The second-order valence-corrected chi connectivity index (χ2v) is 4.06. The zero-order valence-corrected chi connectivity index (χ0v) is 9.23. The van der Waals surface area contributed by atoms with Gasteiger partial charge in [0.15, 0.2) is 0 Å². The molecule has 82 valence electrons. The molecule has 2 rings (SSSR count). The van der Waals surface area contributed by atoms with Crippen LogP contribution in [-0.4, -0.2) is 21.5 Å². The highest BCUT2D eigenvalue weighted by molar-refractivity contribution is 5.80. The molecule has 0 bridgehead atoms. The lowest BCUT2D eigenvalue weighted by Crippen LogP contribution is -2.32. The fourth-order valence-electron chi connectivity index (χ4n) is 1.65. The summed E-state index contributed by atoms with van der Waals surface area (Å²) in [6.45, 7) is 3.96. The summed E-state index contributed by atoms with van der Waals surface area (Å²) in [7, 11) is 0. The lowest BCUT2D eigenvalue weighted by Gasteiger charge is -2.15. The summed E-state index contributed by atoms with van der Waals surface area (Å²) in [6.07, 6.45) is 6.73. The summed E-state index contributed by atoms with van der Waals surface area (Å²) in [5.41, 5.74) is 0. The number of hydrogen-bond acceptors (Lipinski definition) is 2. The van der Waals surface area contributed by atoms with Gasteiger partial charge in [0.2, 0.25) is 5.91 Å². The molecule has 15 heavy (non-hydrogen) atoms. The number of aromatic nitrogens is 2. The van der Waals surface area contributed by atoms with Crippen molar-refractivity contribution in [2.45, 2.75) is 45.2 Å². The number of nitrogens with zero attached hydrogens (tertiary/aromatic N) is 2.